The average Bonchev–Trinajstić information content (AvgIpc) is 3.05. The molecule has 3 rings (SSSR count). The molecular weight excluding hydrogens is 395 g/mol. The van der Waals surface area contributed by atoms with Gasteiger partial charge in [-0.05, 0) is 17.7 Å². The van der Waals surface area contributed by atoms with Crippen LogP contribution in [0.15, 0.2) is 52.4 Å². The third-order valence-corrected chi connectivity index (χ3v) is 5.89. The highest BCUT2D eigenvalue weighted by Crippen LogP contribution is 2.34. The highest BCUT2D eigenvalue weighted by molar-refractivity contribution is 7.99. The summed E-state index contributed by atoms with van der Waals surface area (Å²) in [7, 11) is 0. The quantitative estimate of drug-likeness (QED) is 0.696. The van der Waals surface area contributed by atoms with Crippen LogP contribution in [0.5, 0.6) is 0 Å². The molecule has 2 aromatic rings. The molecule has 0 fully saturated rings. The van der Waals surface area contributed by atoms with E-state index in [0.717, 1.165) is 5.56 Å². The number of hydrogen-bond donors (Lipinski definition) is 2. The van der Waals surface area contributed by atoms with Crippen LogP contribution in [0.1, 0.15) is 5.56 Å². The second-order valence-electron chi connectivity index (χ2n) is 5.77. The number of nitrogens with zero attached hydrogens (tertiary/aromatic N) is 2. The highest BCUT2D eigenvalue weighted by Gasteiger charge is 2.34. The van der Waals surface area contributed by atoms with Gasteiger partial charge in [0.15, 0.2) is 0 Å². The standard InChI is InChI=1S/C18H18Cl2N2O3S/c19-14-6-7-15-17(16(14)20)22-18(21-15,11-25-13(8-23)9-24)26-10-12-4-2-1-3-5-12/h1-7,13,23-24H,8-11H2. The lowest BCUT2D eigenvalue weighted by Gasteiger charge is -2.24. The number of halogens is 2. The van der Waals surface area contributed by atoms with Crippen molar-refractivity contribution < 1.29 is 14.9 Å². The summed E-state index contributed by atoms with van der Waals surface area (Å²) in [6.07, 6.45) is -0.683. The van der Waals surface area contributed by atoms with Crippen molar-refractivity contribution in [2.45, 2.75) is 16.9 Å². The molecular formula is C18H18Cl2N2O3S. The summed E-state index contributed by atoms with van der Waals surface area (Å²) in [6.45, 7) is -0.468. The maximum atomic E-state index is 9.25. The summed E-state index contributed by atoms with van der Waals surface area (Å²) in [5.74, 6) is 0.666. The number of rotatable bonds is 8. The Morgan fingerprint density at radius 2 is 1.77 bits per heavy atom. The molecule has 1 unspecified atom stereocenters. The van der Waals surface area contributed by atoms with Crippen LogP contribution < -0.4 is 10.7 Å². The second kappa shape index (κ2) is 8.69. The van der Waals surface area contributed by atoms with Crippen LogP contribution in [0, 0.1) is 0 Å². The van der Waals surface area contributed by atoms with E-state index in [4.69, 9.17) is 37.9 Å². The first kappa shape index (κ1) is 19.6. The average molecular weight is 413 g/mol. The Morgan fingerprint density at radius 3 is 2.46 bits per heavy atom. The van der Waals surface area contributed by atoms with Crippen LogP contribution in [0.3, 0.4) is 0 Å². The van der Waals surface area contributed by atoms with Gasteiger partial charge in [-0.3, -0.25) is 0 Å². The molecule has 5 nitrogen and oxygen atoms in total. The van der Waals surface area contributed by atoms with E-state index in [1.54, 1.807) is 12.1 Å². The molecule has 0 aromatic heterocycles. The zero-order valence-corrected chi connectivity index (χ0v) is 16.1. The Hall–Kier alpha value is -1.15. The zero-order valence-electron chi connectivity index (χ0n) is 13.8. The monoisotopic (exact) mass is 412 g/mol. The van der Waals surface area contributed by atoms with Gasteiger partial charge in [0.05, 0.1) is 28.6 Å². The Kier molecular flexibility index (Phi) is 6.55. The van der Waals surface area contributed by atoms with Crippen molar-refractivity contribution in [1.82, 2.24) is 0 Å². The Morgan fingerprint density at radius 1 is 1.04 bits per heavy atom. The predicted molar refractivity (Wildman–Crippen MR) is 103 cm³/mol. The van der Waals surface area contributed by atoms with Crippen molar-refractivity contribution in [3.8, 4) is 0 Å². The molecule has 0 amide bonds. The van der Waals surface area contributed by atoms with Gasteiger partial charge in [0, 0.05) is 5.75 Å². The fourth-order valence-corrected chi connectivity index (χ4v) is 3.86. The third kappa shape index (κ3) is 4.39. The molecule has 0 saturated carbocycles. The molecule has 1 heterocycles. The molecule has 0 aliphatic carbocycles. The lowest BCUT2D eigenvalue weighted by atomic mass is 10.2. The van der Waals surface area contributed by atoms with Crippen molar-refractivity contribution in [2.75, 3.05) is 19.8 Å². The van der Waals surface area contributed by atoms with Gasteiger partial charge < -0.3 is 14.9 Å². The lowest BCUT2D eigenvalue weighted by Crippen LogP contribution is -2.32. The summed E-state index contributed by atoms with van der Waals surface area (Å²) >= 11 is 13.9. The van der Waals surface area contributed by atoms with E-state index < -0.39 is 11.1 Å². The first-order valence-electron chi connectivity index (χ1n) is 8.02. The van der Waals surface area contributed by atoms with Crippen molar-refractivity contribution >= 4 is 35.0 Å². The summed E-state index contributed by atoms with van der Waals surface area (Å²) in [5, 5.41) is 20.5. The molecule has 1 aliphatic heterocycles. The van der Waals surface area contributed by atoms with Crippen molar-refractivity contribution in [1.29, 1.82) is 0 Å². The smallest absolute Gasteiger partial charge is 0.222 e. The van der Waals surface area contributed by atoms with Crippen LogP contribution >= 0.6 is 35.0 Å². The van der Waals surface area contributed by atoms with Gasteiger partial charge in [0.2, 0.25) is 4.99 Å². The minimum atomic E-state index is -0.949. The van der Waals surface area contributed by atoms with E-state index in [0.29, 0.717) is 26.5 Å². The molecule has 1 atom stereocenters. The summed E-state index contributed by atoms with van der Waals surface area (Å²) in [5.41, 5.74) is 1.13. The maximum Gasteiger partial charge on any atom is 0.222 e. The van der Waals surface area contributed by atoms with E-state index in [2.05, 4.69) is 0 Å². The fraction of sp³-hybridized carbons (Fsp3) is 0.333. The normalized spacial score (nSPS) is 18.5. The van der Waals surface area contributed by atoms with E-state index in [9.17, 15) is 10.2 Å². The lowest BCUT2D eigenvalue weighted by molar-refractivity contribution is -0.0269. The number of aliphatic hydroxyl groups excluding tert-OH is 2. The van der Waals surface area contributed by atoms with Crippen LogP contribution in [0.2, 0.25) is 10.0 Å². The van der Waals surface area contributed by atoms with Gasteiger partial charge in [0.25, 0.3) is 0 Å². The van der Waals surface area contributed by atoms with E-state index in [1.807, 2.05) is 30.3 Å². The molecule has 0 bridgehead atoms. The zero-order chi connectivity index (χ0) is 18.6. The molecule has 2 aromatic carbocycles. The fourth-order valence-electron chi connectivity index (χ4n) is 2.45. The molecule has 138 valence electrons. The Labute approximate surface area is 165 Å². The van der Waals surface area contributed by atoms with Crippen LogP contribution in [0.25, 0.3) is 0 Å². The summed E-state index contributed by atoms with van der Waals surface area (Å²) in [4.78, 5) is 8.45. The third-order valence-electron chi connectivity index (χ3n) is 3.86. The molecule has 26 heavy (non-hydrogen) atoms. The highest BCUT2D eigenvalue weighted by atomic mass is 35.5. The van der Waals surface area contributed by atoms with Crippen LogP contribution in [-0.4, -0.2) is 41.1 Å². The van der Waals surface area contributed by atoms with Gasteiger partial charge in [-0.1, -0.05) is 53.5 Å². The van der Waals surface area contributed by atoms with Crippen LogP contribution in [-0.2, 0) is 10.5 Å². The Bertz CT molecular complexity index is 878. The van der Waals surface area contributed by atoms with Crippen molar-refractivity contribution in [3.63, 3.8) is 0 Å². The van der Waals surface area contributed by atoms with Crippen LogP contribution in [0.4, 0.5) is 0 Å². The van der Waals surface area contributed by atoms with Gasteiger partial charge in [-0.25, -0.2) is 9.98 Å². The largest absolute Gasteiger partial charge is 0.394 e. The number of ether oxygens (including phenoxy) is 1. The molecule has 0 spiro atoms. The topological polar surface area (TPSA) is 74.4 Å². The Balaban J connectivity index is 1.90. The van der Waals surface area contributed by atoms with Gasteiger partial charge >= 0.3 is 0 Å². The second-order valence-corrected chi connectivity index (χ2v) is 7.78. The maximum absolute atomic E-state index is 9.25. The first-order chi connectivity index (χ1) is 12.6. The SMILES string of the molecule is OCC(CO)OCC1(SCc2ccccc2)N=c2ccc(Cl)c(Cl)c2=N1. The van der Waals surface area contributed by atoms with E-state index in [-0.39, 0.29) is 19.8 Å². The molecule has 0 radical (unpaired) electrons. The number of fused-ring (bicyclic) bond motifs is 1. The summed E-state index contributed by atoms with van der Waals surface area (Å²) in [6, 6.07) is 13.4. The first-order valence-corrected chi connectivity index (χ1v) is 9.76. The minimum absolute atomic E-state index is 0.0961. The summed E-state index contributed by atoms with van der Waals surface area (Å²) < 4.78 is 5.63. The number of benzene rings is 2. The number of hydrogen-bond acceptors (Lipinski definition) is 6. The van der Waals surface area contributed by atoms with Crippen molar-refractivity contribution in [2.24, 2.45) is 9.98 Å². The molecule has 0 saturated heterocycles. The molecule has 1 aliphatic rings. The number of aliphatic hydroxyl groups is 2. The van der Waals surface area contributed by atoms with E-state index in [1.165, 1.54) is 11.8 Å². The van der Waals surface area contributed by atoms with Gasteiger partial charge in [-0.2, -0.15) is 0 Å². The van der Waals surface area contributed by atoms with Gasteiger partial charge in [-0.15, -0.1) is 11.8 Å². The predicted octanol–water partition coefficient (Wildman–Crippen LogP) is 2.20. The molecule has 2 N–H and O–H groups in total. The van der Waals surface area contributed by atoms with Crippen molar-refractivity contribution in [3.05, 3.63) is 68.8 Å². The number of thioether (sulfide) groups is 1. The molecule has 8 heteroatoms. The van der Waals surface area contributed by atoms with Gasteiger partial charge in [0.1, 0.15) is 18.1 Å². The van der Waals surface area contributed by atoms with E-state index >= 15 is 0 Å². The minimum Gasteiger partial charge on any atom is -0.394 e.